The molecule has 0 spiro atoms. The van der Waals surface area contributed by atoms with E-state index in [9.17, 15) is 9.59 Å². The number of aromatic nitrogens is 1. The average Bonchev–Trinajstić information content (AvgIpc) is 3.11. The molecule has 2 heterocycles. The van der Waals surface area contributed by atoms with Crippen molar-refractivity contribution in [2.45, 2.75) is 19.8 Å². The summed E-state index contributed by atoms with van der Waals surface area (Å²) in [5.41, 5.74) is 1.87. The molecule has 2 aromatic rings. The molecule has 0 atom stereocenters. The molecule has 1 fully saturated rings. The summed E-state index contributed by atoms with van der Waals surface area (Å²) >= 11 is 1.40. The van der Waals surface area contributed by atoms with E-state index >= 15 is 0 Å². The number of nitrogens with one attached hydrogen (secondary N) is 1. The van der Waals surface area contributed by atoms with Crippen molar-refractivity contribution >= 4 is 28.5 Å². The first kappa shape index (κ1) is 17.4. The lowest BCUT2D eigenvalue weighted by molar-refractivity contribution is -0.149. The molecule has 1 aromatic heterocycles. The van der Waals surface area contributed by atoms with Crippen LogP contribution in [0.5, 0.6) is 0 Å². The Morgan fingerprint density at radius 3 is 2.68 bits per heavy atom. The maximum Gasteiger partial charge on any atom is 0.323 e. The van der Waals surface area contributed by atoms with Crippen LogP contribution in [0.1, 0.15) is 19.8 Å². The number of hydrogen-bond donors (Lipinski definition) is 1. The second-order valence-corrected chi connectivity index (χ2v) is 6.71. The number of benzene rings is 1. The third-order valence-electron chi connectivity index (χ3n) is 4.19. The zero-order valence-electron chi connectivity index (χ0n) is 14.1. The van der Waals surface area contributed by atoms with E-state index in [1.807, 2.05) is 35.7 Å². The third-order valence-corrected chi connectivity index (χ3v) is 4.95. The van der Waals surface area contributed by atoms with Crippen molar-refractivity contribution in [2.75, 3.05) is 25.0 Å². The van der Waals surface area contributed by atoms with Crippen molar-refractivity contribution in [1.29, 1.82) is 0 Å². The molecule has 1 saturated heterocycles. The van der Waals surface area contributed by atoms with Crippen LogP contribution >= 0.6 is 11.3 Å². The molecule has 2 amide bonds. The number of anilines is 1. The van der Waals surface area contributed by atoms with Crippen LogP contribution in [0.4, 0.5) is 9.93 Å². The van der Waals surface area contributed by atoms with Crippen LogP contribution < -0.4 is 5.32 Å². The number of thiazole rings is 1. The van der Waals surface area contributed by atoms with Crippen molar-refractivity contribution in [3.8, 4) is 11.3 Å². The standard InChI is InChI=1S/C18H21N3O3S/c1-2-24-16(22)14-8-10-21(11-9-14)18(23)20-17-19-15(12-25-17)13-6-4-3-5-7-13/h3-7,12,14H,2,8-11H2,1H3,(H,19,20,23). The zero-order chi connectivity index (χ0) is 17.6. The Hall–Kier alpha value is -2.41. The second-order valence-electron chi connectivity index (χ2n) is 5.85. The largest absolute Gasteiger partial charge is 0.466 e. The van der Waals surface area contributed by atoms with Gasteiger partial charge in [-0.25, -0.2) is 9.78 Å². The molecule has 1 aromatic carbocycles. The fraction of sp³-hybridized carbons (Fsp3) is 0.389. The summed E-state index contributed by atoms with van der Waals surface area (Å²) in [6, 6.07) is 9.68. The van der Waals surface area contributed by atoms with Gasteiger partial charge in [0.2, 0.25) is 0 Å². The molecule has 1 aliphatic heterocycles. The minimum Gasteiger partial charge on any atom is -0.466 e. The summed E-state index contributed by atoms with van der Waals surface area (Å²) in [5.74, 6) is -0.261. The Bertz CT molecular complexity index is 724. The molecule has 0 aliphatic carbocycles. The van der Waals surface area contributed by atoms with E-state index in [4.69, 9.17) is 4.74 Å². The summed E-state index contributed by atoms with van der Waals surface area (Å²) < 4.78 is 5.05. The second kappa shape index (κ2) is 8.11. The topological polar surface area (TPSA) is 71.5 Å². The summed E-state index contributed by atoms with van der Waals surface area (Å²) in [6.07, 6.45) is 1.28. The SMILES string of the molecule is CCOC(=O)C1CCN(C(=O)Nc2nc(-c3ccccc3)cs2)CC1. The first-order chi connectivity index (χ1) is 12.2. The van der Waals surface area contributed by atoms with E-state index in [2.05, 4.69) is 10.3 Å². The lowest BCUT2D eigenvalue weighted by Crippen LogP contribution is -2.42. The quantitative estimate of drug-likeness (QED) is 0.847. The molecule has 7 heteroatoms. The number of carbonyl (C=O) groups excluding carboxylic acids is 2. The van der Waals surface area contributed by atoms with Crippen LogP contribution in [0.3, 0.4) is 0 Å². The summed E-state index contributed by atoms with van der Waals surface area (Å²) in [4.78, 5) is 30.3. The number of likely N-dealkylation sites (tertiary alicyclic amines) is 1. The minimum absolute atomic E-state index is 0.103. The Labute approximate surface area is 150 Å². The Morgan fingerprint density at radius 2 is 2.00 bits per heavy atom. The highest BCUT2D eigenvalue weighted by Gasteiger charge is 2.28. The van der Waals surface area contributed by atoms with Gasteiger partial charge in [-0.1, -0.05) is 30.3 Å². The average molecular weight is 359 g/mol. The Balaban J connectivity index is 1.54. The molecule has 132 valence electrons. The monoisotopic (exact) mass is 359 g/mol. The van der Waals surface area contributed by atoms with Crippen molar-refractivity contribution in [3.05, 3.63) is 35.7 Å². The highest BCUT2D eigenvalue weighted by molar-refractivity contribution is 7.14. The van der Waals surface area contributed by atoms with Gasteiger partial charge in [0.25, 0.3) is 0 Å². The Morgan fingerprint density at radius 1 is 1.28 bits per heavy atom. The van der Waals surface area contributed by atoms with E-state index in [0.29, 0.717) is 37.7 Å². The lowest BCUT2D eigenvalue weighted by Gasteiger charge is -2.30. The number of piperidine rings is 1. The van der Waals surface area contributed by atoms with Gasteiger partial charge in [-0.2, -0.15) is 0 Å². The maximum absolute atomic E-state index is 12.4. The van der Waals surface area contributed by atoms with Crippen LogP contribution in [0.25, 0.3) is 11.3 Å². The van der Waals surface area contributed by atoms with Gasteiger partial charge >= 0.3 is 12.0 Å². The molecule has 1 N–H and O–H groups in total. The number of hydrogen-bond acceptors (Lipinski definition) is 5. The van der Waals surface area contributed by atoms with Gasteiger partial charge in [-0.05, 0) is 19.8 Å². The van der Waals surface area contributed by atoms with Gasteiger partial charge < -0.3 is 9.64 Å². The lowest BCUT2D eigenvalue weighted by atomic mass is 9.97. The molecule has 0 saturated carbocycles. The van der Waals surface area contributed by atoms with E-state index in [1.165, 1.54) is 11.3 Å². The predicted molar refractivity (Wildman–Crippen MR) is 97.5 cm³/mol. The number of rotatable bonds is 4. The molecule has 0 bridgehead atoms. The molecule has 3 rings (SSSR count). The smallest absolute Gasteiger partial charge is 0.323 e. The van der Waals surface area contributed by atoms with E-state index < -0.39 is 0 Å². The van der Waals surface area contributed by atoms with Crippen molar-refractivity contribution < 1.29 is 14.3 Å². The van der Waals surface area contributed by atoms with Gasteiger partial charge in [0.05, 0.1) is 18.2 Å². The molecule has 25 heavy (non-hydrogen) atoms. The third kappa shape index (κ3) is 4.36. The fourth-order valence-corrected chi connectivity index (χ4v) is 3.53. The summed E-state index contributed by atoms with van der Waals surface area (Å²) in [7, 11) is 0. The number of ether oxygens (including phenoxy) is 1. The van der Waals surface area contributed by atoms with E-state index in [0.717, 1.165) is 11.3 Å². The number of carbonyl (C=O) groups is 2. The molecular weight excluding hydrogens is 338 g/mol. The molecular formula is C18H21N3O3S. The maximum atomic E-state index is 12.4. The van der Waals surface area contributed by atoms with Gasteiger partial charge in [0.15, 0.2) is 5.13 Å². The minimum atomic E-state index is -0.170. The van der Waals surface area contributed by atoms with Gasteiger partial charge in [-0.15, -0.1) is 11.3 Å². The van der Waals surface area contributed by atoms with Crippen LogP contribution in [0, 0.1) is 5.92 Å². The van der Waals surface area contributed by atoms with Gasteiger partial charge in [0, 0.05) is 24.0 Å². The van der Waals surface area contributed by atoms with Gasteiger partial charge in [-0.3, -0.25) is 10.1 Å². The number of amides is 2. The van der Waals surface area contributed by atoms with E-state index in [-0.39, 0.29) is 17.9 Å². The van der Waals surface area contributed by atoms with Crippen LogP contribution in [0.2, 0.25) is 0 Å². The highest BCUT2D eigenvalue weighted by Crippen LogP contribution is 2.25. The number of nitrogens with zero attached hydrogens (tertiary/aromatic N) is 2. The van der Waals surface area contributed by atoms with Crippen LogP contribution in [0.15, 0.2) is 35.7 Å². The normalized spacial score (nSPS) is 15.0. The van der Waals surface area contributed by atoms with Crippen LogP contribution in [-0.4, -0.2) is 41.6 Å². The predicted octanol–water partition coefficient (Wildman–Crippen LogP) is 3.62. The number of esters is 1. The zero-order valence-corrected chi connectivity index (χ0v) is 14.9. The fourth-order valence-electron chi connectivity index (χ4n) is 2.82. The first-order valence-corrected chi connectivity index (χ1v) is 9.29. The van der Waals surface area contributed by atoms with Crippen molar-refractivity contribution in [1.82, 2.24) is 9.88 Å². The molecule has 1 aliphatic rings. The Kier molecular flexibility index (Phi) is 5.65. The first-order valence-electron chi connectivity index (χ1n) is 8.41. The molecule has 6 nitrogen and oxygen atoms in total. The number of urea groups is 1. The summed E-state index contributed by atoms with van der Waals surface area (Å²) in [5, 5.41) is 5.36. The van der Waals surface area contributed by atoms with E-state index in [1.54, 1.807) is 11.8 Å². The van der Waals surface area contributed by atoms with Crippen LogP contribution in [-0.2, 0) is 9.53 Å². The molecule has 0 unspecified atom stereocenters. The van der Waals surface area contributed by atoms with Crippen molar-refractivity contribution in [2.24, 2.45) is 5.92 Å². The molecule has 0 radical (unpaired) electrons. The summed E-state index contributed by atoms with van der Waals surface area (Å²) in [6.45, 7) is 3.30. The van der Waals surface area contributed by atoms with Gasteiger partial charge in [0.1, 0.15) is 0 Å². The highest BCUT2D eigenvalue weighted by atomic mass is 32.1. The van der Waals surface area contributed by atoms with Crippen molar-refractivity contribution in [3.63, 3.8) is 0 Å².